The number of aliphatic hydroxyl groups is 1. The summed E-state index contributed by atoms with van der Waals surface area (Å²) in [4.78, 5) is 12.0. The molecule has 4 saturated carbocycles. The molecule has 4 fully saturated rings. The predicted octanol–water partition coefficient (Wildman–Crippen LogP) is 2.77. The molecule has 0 bridgehead atoms. The molecule has 4 aliphatic carbocycles. The van der Waals surface area contributed by atoms with E-state index in [-0.39, 0.29) is 23.0 Å². The van der Waals surface area contributed by atoms with Gasteiger partial charge in [0.05, 0.1) is 5.60 Å². The summed E-state index contributed by atoms with van der Waals surface area (Å²) in [5, 5.41) is 14.7. The summed E-state index contributed by atoms with van der Waals surface area (Å²) in [5.74, 6) is 1.99. The Labute approximate surface area is 175 Å². The summed E-state index contributed by atoms with van der Waals surface area (Å²) in [6.45, 7) is 6.35. The van der Waals surface area contributed by atoms with E-state index in [9.17, 15) is 9.90 Å². The van der Waals surface area contributed by atoms with E-state index in [4.69, 9.17) is 16.2 Å². The van der Waals surface area contributed by atoms with Gasteiger partial charge in [-0.25, -0.2) is 4.79 Å². The first kappa shape index (κ1) is 21.4. The van der Waals surface area contributed by atoms with Crippen molar-refractivity contribution >= 4 is 6.09 Å². The molecule has 4 aliphatic rings. The van der Waals surface area contributed by atoms with Gasteiger partial charge in [-0.15, -0.1) is 0 Å². The molecule has 6 N–H and O–H groups in total. The van der Waals surface area contributed by atoms with E-state index in [0.717, 1.165) is 51.4 Å². The van der Waals surface area contributed by atoms with Crippen LogP contribution in [0.25, 0.3) is 0 Å². The van der Waals surface area contributed by atoms with E-state index >= 15 is 0 Å². The van der Waals surface area contributed by atoms with Crippen LogP contribution < -0.4 is 16.8 Å². The van der Waals surface area contributed by atoms with Crippen LogP contribution in [-0.4, -0.2) is 42.5 Å². The molecular weight excluding hydrogens is 366 g/mol. The quantitative estimate of drug-likeness (QED) is 0.573. The van der Waals surface area contributed by atoms with Gasteiger partial charge in [-0.2, -0.15) is 0 Å². The maximum absolute atomic E-state index is 12.0. The van der Waals surface area contributed by atoms with Crippen molar-refractivity contribution in [3.8, 4) is 0 Å². The maximum Gasteiger partial charge on any atom is 0.407 e. The Morgan fingerprint density at radius 3 is 2.59 bits per heavy atom. The van der Waals surface area contributed by atoms with Gasteiger partial charge in [0.25, 0.3) is 0 Å². The van der Waals surface area contributed by atoms with Gasteiger partial charge in [0.1, 0.15) is 6.10 Å². The molecule has 0 aliphatic heterocycles. The first-order chi connectivity index (χ1) is 13.8. The monoisotopic (exact) mass is 407 g/mol. The maximum atomic E-state index is 12.0. The number of ether oxygens (including phenoxy) is 1. The average molecular weight is 408 g/mol. The molecular formula is C23H41N3O3. The fourth-order valence-corrected chi connectivity index (χ4v) is 8.15. The van der Waals surface area contributed by atoms with Crippen molar-refractivity contribution in [2.75, 3.05) is 19.6 Å². The summed E-state index contributed by atoms with van der Waals surface area (Å²) in [6.07, 6.45) is 9.15. The van der Waals surface area contributed by atoms with Gasteiger partial charge in [0.2, 0.25) is 0 Å². The average Bonchev–Trinajstić information content (AvgIpc) is 2.97. The molecule has 0 aromatic carbocycles. The second kappa shape index (κ2) is 7.69. The zero-order valence-electron chi connectivity index (χ0n) is 18.3. The van der Waals surface area contributed by atoms with E-state index in [1.54, 1.807) is 0 Å². The third-order valence-electron chi connectivity index (χ3n) is 9.97. The SMILES string of the molecule is CC12CCC(OC(=O)NCCN)CC1CCC1C2CCC2(C)C(CN)CCC12O. The van der Waals surface area contributed by atoms with Crippen LogP contribution in [0.15, 0.2) is 0 Å². The van der Waals surface area contributed by atoms with Gasteiger partial charge in [-0.3, -0.25) is 0 Å². The van der Waals surface area contributed by atoms with E-state index in [2.05, 4.69) is 19.2 Å². The Hall–Kier alpha value is -0.850. The summed E-state index contributed by atoms with van der Waals surface area (Å²) >= 11 is 0. The molecule has 8 unspecified atom stereocenters. The van der Waals surface area contributed by atoms with Gasteiger partial charge in [-0.05, 0) is 93.4 Å². The van der Waals surface area contributed by atoms with Crippen molar-refractivity contribution in [2.24, 2.45) is 46.0 Å². The minimum absolute atomic E-state index is 0.00689. The highest BCUT2D eigenvalue weighted by molar-refractivity contribution is 5.67. The Morgan fingerprint density at radius 2 is 1.86 bits per heavy atom. The summed E-state index contributed by atoms with van der Waals surface area (Å²) in [6, 6.07) is 0. The molecule has 1 amide bonds. The number of carbonyl (C=O) groups excluding carboxylic acids is 1. The smallest absolute Gasteiger partial charge is 0.407 e. The molecule has 8 atom stereocenters. The normalized spacial score (nSPS) is 48.9. The molecule has 0 radical (unpaired) electrons. The third-order valence-corrected chi connectivity index (χ3v) is 9.97. The van der Waals surface area contributed by atoms with Crippen molar-refractivity contribution in [1.29, 1.82) is 0 Å². The standard InChI is InChI=1S/C23H41N3O3/c1-21-8-6-17(29-20(27)26-12-11-24)13-15(21)3-4-19-18(21)7-9-22(2)16(14-25)5-10-23(19,22)28/h15-19,28H,3-14,24-25H2,1-2H3,(H,26,27). The highest BCUT2D eigenvalue weighted by Gasteiger charge is 2.66. The molecule has 4 rings (SSSR count). The Bertz CT molecular complexity index is 630. The number of fused-ring (bicyclic) bond motifs is 5. The lowest BCUT2D eigenvalue weighted by Crippen LogP contribution is -2.62. The number of hydrogen-bond donors (Lipinski definition) is 4. The molecule has 0 spiro atoms. The Balaban J connectivity index is 1.47. The van der Waals surface area contributed by atoms with Crippen LogP contribution >= 0.6 is 0 Å². The van der Waals surface area contributed by atoms with Crippen LogP contribution in [0.1, 0.15) is 71.6 Å². The van der Waals surface area contributed by atoms with E-state index < -0.39 is 5.60 Å². The molecule has 0 heterocycles. The Morgan fingerprint density at radius 1 is 1.07 bits per heavy atom. The van der Waals surface area contributed by atoms with Crippen molar-refractivity contribution in [3.05, 3.63) is 0 Å². The Kier molecular flexibility index (Phi) is 5.67. The van der Waals surface area contributed by atoms with Crippen molar-refractivity contribution < 1.29 is 14.6 Å². The van der Waals surface area contributed by atoms with Crippen molar-refractivity contribution in [3.63, 3.8) is 0 Å². The number of carbonyl (C=O) groups is 1. The van der Waals surface area contributed by atoms with Crippen LogP contribution in [0.3, 0.4) is 0 Å². The summed E-state index contributed by atoms with van der Waals surface area (Å²) in [5.41, 5.74) is 11.2. The number of alkyl carbamates (subject to hydrolysis) is 1. The van der Waals surface area contributed by atoms with E-state index in [1.807, 2.05) is 0 Å². The lowest BCUT2D eigenvalue weighted by molar-refractivity contribution is -0.209. The number of hydrogen-bond acceptors (Lipinski definition) is 5. The highest BCUT2D eigenvalue weighted by atomic mass is 16.6. The summed E-state index contributed by atoms with van der Waals surface area (Å²) in [7, 11) is 0. The van der Waals surface area contributed by atoms with Gasteiger partial charge in [0.15, 0.2) is 0 Å². The first-order valence-electron chi connectivity index (χ1n) is 11.9. The molecule has 166 valence electrons. The first-order valence-corrected chi connectivity index (χ1v) is 11.9. The van der Waals surface area contributed by atoms with Crippen LogP contribution in [0, 0.1) is 34.5 Å². The van der Waals surface area contributed by atoms with Gasteiger partial charge in [-0.1, -0.05) is 13.8 Å². The van der Waals surface area contributed by atoms with Crippen LogP contribution in [0.4, 0.5) is 4.79 Å². The molecule has 0 aromatic rings. The van der Waals surface area contributed by atoms with Gasteiger partial charge in [0, 0.05) is 18.5 Å². The van der Waals surface area contributed by atoms with Crippen molar-refractivity contribution in [1.82, 2.24) is 5.32 Å². The fourth-order valence-electron chi connectivity index (χ4n) is 8.15. The highest BCUT2D eigenvalue weighted by Crippen LogP contribution is 2.68. The lowest BCUT2D eigenvalue weighted by Gasteiger charge is -2.63. The van der Waals surface area contributed by atoms with Crippen LogP contribution in [-0.2, 0) is 4.74 Å². The predicted molar refractivity (Wildman–Crippen MR) is 113 cm³/mol. The molecule has 6 heteroatoms. The summed E-state index contributed by atoms with van der Waals surface area (Å²) < 4.78 is 5.69. The van der Waals surface area contributed by atoms with Gasteiger partial charge < -0.3 is 26.6 Å². The second-order valence-corrected chi connectivity index (χ2v) is 10.9. The number of rotatable bonds is 4. The molecule has 6 nitrogen and oxygen atoms in total. The lowest BCUT2D eigenvalue weighted by atomic mass is 9.43. The zero-order chi connectivity index (χ0) is 20.9. The number of nitrogens with one attached hydrogen (secondary N) is 1. The number of amides is 1. The molecule has 0 saturated heterocycles. The molecule has 0 aromatic heterocycles. The largest absolute Gasteiger partial charge is 0.446 e. The minimum Gasteiger partial charge on any atom is -0.446 e. The fraction of sp³-hybridized carbons (Fsp3) is 0.957. The van der Waals surface area contributed by atoms with Gasteiger partial charge >= 0.3 is 6.09 Å². The topological polar surface area (TPSA) is 111 Å². The molecule has 29 heavy (non-hydrogen) atoms. The second-order valence-electron chi connectivity index (χ2n) is 10.9. The number of nitrogens with two attached hydrogens (primary N) is 2. The van der Waals surface area contributed by atoms with E-state index in [1.165, 1.54) is 6.42 Å². The van der Waals surface area contributed by atoms with Crippen LogP contribution in [0.5, 0.6) is 0 Å². The zero-order valence-corrected chi connectivity index (χ0v) is 18.3. The van der Waals surface area contributed by atoms with E-state index in [0.29, 0.717) is 43.3 Å². The minimum atomic E-state index is -0.552. The van der Waals surface area contributed by atoms with Crippen molar-refractivity contribution in [2.45, 2.75) is 83.3 Å². The third kappa shape index (κ3) is 3.21. The van der Waals surface area contributed by atoms with Crippen LogP contribution in [0.2, 0.25) is 0 Å².